The maximum atomic E-state index is 11.5. The highest BCUT2D eigenvalue weighted by atomic mass is 79.9. The van der Waals surface area contributed by atoms with Gasteiger partial charge in [0, 0.05) is 0 Å². The van der Waals surface area contributed by atoms with Crippen LogP contribution in [0.1, 0.15) is 65.2 Å². The number of hydrogen-bond donors (Lipinski definition) is 0. The van der Waals surface area contributed by atoms with Crippen molar-refractivity contribution in [2.45, 2.75) is 65.2 Å². The molecule has 0 spiro atoms. The van der Waals surface area contributed by atoms with E-state index in [0.717, 1.165) is 37.2 Å². The molecule has 3 nitrogen and oxygen atoms in total. The van der Waals surface area contributed by atoms with Crippen molar-refractivity contribution in [1.29, 1.82) is 0 Å². The number of halogens is 3. The molecule has 0 bridgehead atoms. The van der Waals surface area contributed by atoms with Gasteiger partial charge >= 0.3 is 5.70 Å². The molecule has 140 valence electrons. The molecule has 0 unspecified atom stereocenters. The number of allylic oxidation sites excluding steroid dienone is 1. The topological polar surface area (TPSA) is 43.1 Å². The monoisotopic (exact) mass is 477 g/mol. The van der Waals surface area contributed by atoms with Crippen molar-refractivity contribution >= 4 is 62.7 Å². The Labute approximate surface area is 172 Å². The first-order chi connectivity index (χ1) is 11.5. The lowest BCUT2D eigenvalue weighted by Crippen LogP contribution is -2.03. The summed E-state index contributed by atoms with van der Waals surface area (Å²) in [6, 6.07) is 0. The average Bonchev–Trinajstić information content (AvgIpc) is 2.53. The van der Waals surface area contributed by atoms with Gasteiger partial charge in [-0.1, -0.05) is 75.6 Å². The normalized spacial score (nSPS) is 12.0. The Bertz CT molecular complexity index is 426. The van der Waals surface area contributed by atoms with Gasteiger partial charge < -0.3 is 0 Å². The summed E-state index contributed by atoms with van der Waals surface area (Å²) in [5.74, 6) is 1.72. The van der Waals surface area contributed by atoms with Crippen molar-refractivity contribution in [3.05, 3.63) is 29.0 Å². The zero-order valence-corrected chi connectivity index (χ0v) is 19.0. The average molecular weight is 479 g/mol. The Hall–Kier alpha value is 0.640. The maximum Gasteiger partial charge on any atom is 0.309 e. The molecule has 0 amide bonds. The van der Waals surface area contributed by atoms with E-state index in [2.05, 4.69) is 29.8 Å². The summed E-state index contributed by atoms with van der Waals surface area (Å²) in [6.45, 7) is 4.33. The fraction of sp³-hybridized carbons (Fsp3) is 0.750. The van der Waals surface area contributed by atoms with Gasteiger partial charge in [0.05, 0.1) is 4.92 Å². The molecular formula is C16H26BrCl2NO2S2. The van der Waals surface area contributed by atoms with Crippen LogP contribution in [0.4, 0.5) is 0 Å². The standard InChI is InChI=1S/C16H26BrCl2NO2S2/c1-3-5-7-9-11-23-16(24-12-10-8-6-4-2)14(20(21)22)13(18)15(17)19/h3-12H2,1-2H3/b15-13-. The maximum absolute atomic E-state index is 11.5. The highest BCUT2D eigenvalue weighted by Gasteiger charge is 2.25. The van der Waals surface area contributed by atoms with Gasteiger partial charge in [-0.3, -0.25) is 10.1 Å². The molecule has 0 fully saturated rings. The van der Waals surface area contributed by atoms with Crippen LogP contribution >= 0.6 is 62.7 Å². The molecule has 0 saturated heterocycles. The number of unbranched alkanes of at least 4 members (excludes halogenated alkanes) is 6. The summed E-state index contributed by atoms with van der Waals surface area (Å²) < 4.78 is 0.738. The van der Waals surface area contributed by atoms with Gasteiger partial charge in [0.15, 0.2) is 0 Å². The molecule has 0 N–H and O–H groups in total. The minimum absolute atomic E-state index is 0.0289. The molecule has 24 heavy (non-hydrogen) atoms. The Morgan fingerprint density at radius 2 is 1.42 bits per heavy atom. The predicted molar refractivity (Wildman–Crippen MR) is 115 cm³/mol. The molecule has 8 heteroatoms. The molecule has 0 rings (SSSR count). The second-order valence-corrected chi connectivity index (χ2v) is 9.76. The molecule has 0 aliphatic carbocycles. The summed E-state index contributed by atoms with van der Waals surface area (Å²) in [5, 5.41) is 11.5. The smallest absolute Gasteiger partial charge is 0.258 e. The van der Waals surface area contributed by atoms with E-state index >= 15 is 0 Å². The van der Waals surface area contributed by atoms with E-state index in [4.69, 9.17) is 23.2 Å². The van der Waals surface area contributed by atoms with E-state index < -0.39 is 4.92 Å². The largest absolute Gasteiger partial charge is 0.309 e. The number of thioether (sulfide) groups is 2. The van der Waals surface area contributed by atoms with Gasteiger partial charge in [-0.05, 0) is 40.3 Å². The van der Waals surface area contributed by atoms with Gasteiger partial charge in [0.1, 0.15) is 13.2 Å². The van der Waals surface area contributed by atoms with Crippen LogP contribution in [0, 0.1) is 10.1 Å². The fourth-order valence-corrected chi connectivity index (χ4v) is 4.98. The summed E-state index contributed by atoms with van der Waals surface area (Å²) in [4.78, 5) is 11.0. The highest BCUT2D eigenvalue weighted by molar-refractivity contribution is 9.12. The van der Waals surface area contributed by atoms with Gasteiger partial charge in [0.25, 0.3) is 0 Å². The molecule has 0 aromatic carbocycles. The van der Waals surface area contributed by atoms with Crippen molar-refractivity contribution < 1.29 is 4.92 Å². The summed E-state index contributed by atoms with van der Waals surface area (Å²) in [7, 11) is 0. The lowest BCUT2D eigenvalue weighted by atomic mass is 10.2. The molecule has 0 heterocycles. The molecular weight excluding hydrogens is 453 g/mol. The highest BCUT2D eigenvalue weighted by Crippen LogP contribution is 2.39. The summed E-state index contributed by atoms with van der Waals surface area (Å²) in [5.41, 5.74) is -0.0838. The van der Waals surface area contributed by atoms with Crippen LogP contribution < -0.4 is 0 Å². The Kier molecular flexibility index (Phi) is 16.3. The van der Waals surface area contributed by atoms with Crippen molar-refractivity contribution in [2.24, 2.45) is 0 Å². The SMILES string of the molecule is CCCCCCSC(SCCCCCC)=C(/C(Cl)=C(/Cl)Br)[N+](=O)[O-]. The van der Waals surface area contributed by atoms with Crippen LogP contribution in [0.25, 0.3) is 0 Å². The van der Waals surface area contributed by atoms with Crippen molar-refractivity contribution in [1.82, 2.24) is 0 Å². The second-order valence-electron chi connectivity index (χ2n) is 5.29. The minimum Gasteiger partial charge on any atom is -0.258 e. The minimum atomic E-state index is -0.431. The van der Waals surface area contributed by atoms with Crippen molar-refractivity contribution in [2.75, 3.05) is 11.5 Å². The van der Waals surface area contributed by atoms with Crippen LogP contribution in [0.15, 0.2) is 18.9 Å². The van der Waals surface area contributed by atoms with E-state index in [1.165, 1.54) is 49.2 Å². The van der Waals surface area contributed by atoms with E-state index in [0.29, 0.717) is 4.24 Å². The molecule has 0 aliphatic rings. The first-order valence-corrected chi connectivity index (χ1v) is 11.8. The Balaban J connectivity index is 4.99. The first-order valence-electron chi connectivity index (χ1n) is 8.31. The van der Waals surface area contributed by atoms with Crippen LogP contribution in [0.3, 0.4) is 0 Å². The molecule has 0 aromatic rings. The molecule has 0 atom stereocenters. The number of nitrogens with zero attached hydrogens (tertiary/aromatic N) is 1. The van der Waals surface area contributed by atoms with Gasteiger partial charge in [-0.25, -0.2) is 0 Å². The number of hydrogen-bond acceptors (Lipinski definition) is 4. The first kappa shape index (κ1) is 24.6. The van der Waals surface area contributed by atoms with Gasteiger partial charge in [0.2, 0.25) is 0 Å². The van der Waals surface area contributed by atoms with Gasteiger partial charge in [-0.15, -0.1) is 23.5 Å². The molecule has 0 saturated carbocycles. The van der Waals surface area contributed by atoms with E-state index in [9.17, 15) is 10.1 Å². The van der Waals surface area contributed by atoms with Crippen LogP contribution in [0.5, 0.6) is 0 Å². The van der Waals surface area contributed by atoms with E-state index in [-0.39, 0.29) is 14.7 Å². The Morgan fingerprint density at radius 3 is 1.75 bits per heavy atom. The van der Waals surface area contributed by atoms with Crippen LogP contribution in [-0.4, -0.2) is 16.4 Å². The summed E-state index contributed by atoms with van der Waals surface area (Å²) >= 11 is 18.0. The van der Waals surface area contributed by atoms with Crippen LogP contribution in [-0.2, 0) is 0 Å². The summed E-state index contributed by atoms with van der Waals surface area (Å²) in [6.07, 6.45) is 9.13. The van der Waals surface area contributed by atoms with Gasteiger partial charge in [-0.2, -0.15) is 0 Å². The number of nitro groups is 1. The van der Waals surface area contributed by atoms with E-state index in [1.807, 2.05) is 0 Å². The molecule has 0 aromatic heterocycles. The Morgan fingerprint density at radius 1 is 0.958 bits per heavy atom. The fourth-order valence-electron chi connectivity index (χ4n) is 1.90. The third-order valence-electron chi connectivity index (χ3n) is 3.21. The second kappa shape index (κ2) is 15.9. The predicted octanol–water partition coefficient (Wildman–Crippen LogP) is 8.10. The lowest BCUT2D eigenvalue weighted by Gasteiger charge is -2.09. The third-order valence-corrected chi connectivity index (χ3v) is 7.09. The zero-order chi connectivity index (χ0) is 18.4. The van der Waals surface area contributed by atoms with Crippen LogP contribution in [0.2, 0.25) is 0 Å². The van der Waals surface area contributed by atoms with Crippen molar-refractivity contribution in [3.8, 4) is 0 Å². The third kappa shape index (κ3) is 11.3. The molecule has 0 aliphatic heterocycles. The quantitative estimate of drug-likeness (QED) is 0.109. The zero-order valence-electron chi connectivity index (χ0n) is 14.3. The number of rotatable bonds is 14. The van der Waals surface area contributed by atoms with E-state index in [1.54, 1.807) is 0 Å². The van der Waals surface area contributed by atoms with Crippen molar-refractivity contribution in [3.63, 3.8) is 0 Å². The molecule has 0 radical (unpaired) electrons. The lowest BCUT2D eigenvalue weighted by molar-refractivity contribution is -0.419.